The van der Waals surface area contributed by atoms with Crippen molar-refractivity contribution < 1.29 is 9.53 Å². The van der Waals surface area contributed by atoms with Gasteiger partial charge in [-0.3, -0.25) is 14.7 Å². The molecule has 1 N–H and O–H groups in total. The number of rotatable bonds is 5. The molecular weight excluding hydrogens is 322 g/mol. The molecule has 2 heterocycles. The zero-order valence-electron chi connectivity index (χ0n) is 11.6. The predicted molar refractivity (Wildman–Crippen MR) is 80.7 cm³/mol. The molecule has 2 rings (SSSR count). The number of carbonyl (C=O) groups is 1. The number of morpholine rings is 1. The van der Waals surface area contributed by atoms with Crippen LogP contribution >= 0.6 is 15.9 Å². The van der Waals surface area contributed by atoms with Crippen molar-refractivity contribution in [3.8, 4) is 0 Å². The molecule has 20 heavy (non-hydrogen) atoms. The Labute approximate surface area is 127 Å². The molecule has 6 heteroatoms. The molecule has 1 aromatic rings. The third-order valence-corrected chi connectivity index (χ3v) is 3.76. The van der Waals surface area contributed by atoms with Gasteiger partial charge in [-0.05, 0) is 35.3 Å². The number of hydrogen-bond acceptors (Lipinski definition) is 4. The molecule has 0 spiro atoms. The van der Waals surface area contributed by atoms with E-state index in [-0.39, 0.29) is 11.9 Å². The molecule has 0 saturated carbocycles. The molecule has 1 atom stereocenters. The van der Waals surface area contributed by atoms with Gasteiger partial charge in [-0.25, -0.2) is 0 Å². The maximum Gasteiger partial charge on any atom is 0.253 e. The molecule has 0 aliphatic carbocycles. The molecule has 0 aromatic carbocycles. The van der Waals surface area contributed by atoms with E-state index < -0.39 is 0 Å². The first-order chi connectivity index (χ1) is 9.65. The summed E-state index contributed by atoms with van der Waals surface area (Å²) in [5, 5.41) is 3.01. The summed E-state index contributed by atoms with van der Waals surface area (Å²) >= 11 is 3.32. The van der Waals surface area contributed by atoms with Crippen LogP contribution in [0.1, 0.15) is 23.7 Å². The predicted octanol–water partition coefficient (Wildman–Crippen LogP) is 1.68. The van der Waals surface area contributed by atoms with Gasteiger partial charge in [-0.2, -0.15) is 0 Å². The summed E-state index contributed by atoms with van der Waals surface area (Å²) in [5.74, 6) is -0.0757. The summed E-state index contributed by atoms with van der Waals surface area (Å²) in [7, 11) is 0. The van der Waals surface area contributed by atoms with Crippen molar-refractivity contribution in [1.29, 1.82) is 0 Å². The largest absolute Gasteiger partial charge is 0.379 e. The first-order valence-corrected chi connectivity index (χ1v) is 7.66. The minimum absolute atomic E-state index is 0.0757. The summed E-state index contributed by atoms with van der Waals surface area (Å²) in [6.45, 7) is 6.60. The number of ether oxygens (including phenoxy) is 1. The van der Waals surface area contributed by atoms with E-state index in [1.807, 2.05) is 6.92 Å². The lowest BCUT2D eigenvalue weighted by molar-refractivity contribution is 0.0363. The molecule has 1 aliphatic rings. The van der Waals surface area contributed by atoms with E-state index in [1.54, 1.807) is 18.5 Å². The van der Waals surface area contributed by atoms with Crippen LogP contribution in [0.3, 0.4) is 0 Å². The number of nitrogens with one attached hydrogen (secondary N) is 1. The zero-order chi connectivity index (χ0) is 14.4. The standard InChI is InChI=1S/C14H20BrN3O2/c1-11(2-3-18-4-6-20-7-5-18)17-14(19)12-8-13(15)10-16-9-12/h8-11H,2-7H2,1H3,(H,17,19). The van der Waals surface area contributed by atoms with Gasteiger partial charge in [0.2, 0.25) is 0 Å². The van der Waals surface area contributed by atoms with Crippen molar-refractivity contribution in [1.82, 2.24) is 15.2 Å². The van der Waals surface area contributed by atoms with Gasteiger partial charge in [0.15, 0.2) is 0 Å². The van der Waals surface area contributed by atoms with Crippen LogP contribution in [0.2, 0.25) is 0 Å². The van der Waals surface area contributed by atoms with Crippen LogP contribution in [-0.4, -0.2) is 54.7 Å². The third kappa shape index (κ3) is 4.85. The zero-order valence-corrected chi connectivity index (χ0v) is 13.2. The molecule has 1 fully saturated rings. The Balaban J connectivity index is 1.76. The average molecular weight is 342 g/mol. The Bertz CT molecular complexity index is 450. The van der Waals surface area contributed by atoms with Crippen LogP contribution in [0, 0.1) is 0 Å². The number of aromatic nitrogens is 1. The second-order valence-corrected chi connectivity index (χ2v) is 5.92. The van der Waals surface area contributed by atoms with Crippen LogP contribution < -0.4 is 5.32 Å². The number of halogens is 1. The van der Waals surface area contributed by atoms with Gasteiger partial charge >= 0.3 is 0 Å². The fourth-order valence-electron chi connectivity index (χ4n) is 2.12. The van der Waals surface area contributed by atoms with Gasteiger partial charge < -0.3 is 10.1 Å². The Morgan fingerprint density at radius 3 is 2.95 bits per heavy atom. The summed E-state index contributed by atoms with van der Waals surface area (Å²) in [4.78, 5) is 18.4. The smallest absolute Gasteiger partial charge is 0.253 e. The van der Waals surface area contributed by atoms with Crippen molar-refractivity contribution in [2.45, 2.75) is 19.4 Å². The van der Waals surface area contributed by atoms with Crippen molar-refractivity contribution in [2.75, 3.05) is 32.8 Å². The van der Waals surface area contributed by atoms with Gasteiger partial charge in [0, 0.05) is 42.5 Å². The SMILES string of the molecule is CC(CCN1CCOCC1)NC(=O)c1cncc(Br)c1. The minimum atomic E-state index is -0.0757. The van der Waals surface area contributed by atoms with Crippen LogP contribution in [-0.2, 0) is 4.74 Å². The maximum atomic E-state index is 12.1. The molecule has 1 unspecified atom stereocenters. The quantitative estimate of drug-likeness (QED) is 0.885. The van der Waals surface area contributed by atoms with E-state index in [1.165, 1.54) is 0 Å². The van der Waals surface area contributed by atoms with E-state index in [4.69, 9.17) is 4.74 Å². The van der Waals surface area contributed by atoms with Gasteiger partial charge in [0.05, 0.1) is 18.8 Å². The van der Waals surface area contributed by atoms with E-state index in [0.717, 1.165) is 43.7 Å². The van der Waals surface area contributed by atoms with Gasteiger partial charge in [-0.15, -0.1) is 0 Å². The maximum absolute atomic E-state index is 12.1. The Morgan fingerprint density at radius 2 is 2.25 bits per heavy atom. The highest BCUT2D eigenvalue weighted by molar-refractivity contribution is 9.10. The second kappa shape index (κ2) is 7.71. The first-order valence-electron chi connectivity index (χ1n) is 6.86. The number of pyridine rings is 1. The van der Waals surface area contributed by atoms with Gasteiger partial charge in [0.25, 0.3) is 5.91 Å². The normalized spacial score (nSPS) is 17.7. The monoisotopic (exact) mass is 341 g/mol. The van der Waals surface area contributed by atoms with Gasteiger partial charge in [-0.1, -0.05) is 0 Å². The summed E-state index contributed by atoms with van der Waals surface area (Å²) in [5.41, 5.74) is 0.581. The van der Waals surface area contributed by atoms with Crippen molar-refractivity contribution >= 4 is 21.8 Å². The Kier molecular flexibility index (Phi) is 5.94. The summed E-state index contributed by atoms with van der Waals surface area (Å²) < 4.78 is 6.13. The lowest BCUT2D eigenvalue weighted by Crippen LogP contribution is -2.40. The van der Waals surface area contributed by atoms with Crippen LogP contribution in [0.5, 0.6) is 0 Å². The number of amides is 1. The van der Waals surface area contributed by atoms with E-state index >= 15 is 0 Å². The molecule has 5 nitrogen and oxygen atoms in total. The third-order valence-electron chi connectivity index (χ3n) is 3.33. The highest BCUT2D eigenvalue weighted by Gasteiger charge is 2.14. The fraction of sp³-hybridized carbons (Fsp3) is 0.571. The molecule has 1 saturated heterocycles. The topological polar surface area (TPSA) is 54.5 Å². The fourth-order valence-corrected chi connectivity index (χ4v) is 2.48. The number of nitrogens with zero attached hydrogens (tertiary/aromatic N) is 2. The van der Waals surface area contributed by atoms with Crippen molar-refractivity contribution in [3.05, 3.63) is 28.5 Å². The molecule has 0 bridgehead atoms. The lowest BCUT2D eigenvalue weighted by atomic mass is 10.2. The first kappa shape index (κ1) is 15.4. The van der Waals surface area contributed by atoms with Crippen molar-refractivity contribution in [2.24, 2.45) is 0 Å². The highest BCUT2D eigenvalue weighted by atomic mass is 79.9. The number of hydrogen-bond donors (Lipinski definition) is 1. The number of carbonyl (C=O) groups excluding carboxylic acids is 1. The molecule has 1 aromatic heterocycles. The molecule has 0 radical (unpaired) electrons. The summed E-state index contributed by atoms with van der Waals surface area (Å²) in [6.07, 6.45) is 4.18. The minimum Gasteiger partial charge on any atom is -0.379 e. The van der Waals surface area contributed by atoms with E-state index in [9.17, 15) is 4.79 Å². The van der Waals surface area contributed by atoms with Crippen LogP contribution in [0.25, 0.3) is 0 Å². The van der Waals surface area contributed by atoms with Crippen molar-refractivity contribution in [3.63, 3.8) is 0 Å². The van der Waals surface area contributed by atoms with E-state index in [0.29, 0.717) is 5.56 Å². The molecule has 1 amide bonds. The second-order valence-electron chi connectivity index (χ2n) is 5.01. The van der Waals surface area contributed by atoms with E-state index in [2.05, 4.69) is 31.1 Å². The van der Waals surface area contributed by atoms with Gasteiger partial charge in [0.1, 0.15) is 0 Å². The summed E-state index contributed by atoms with van der Waals surface area (Å²) in [6, 6.07) is 1.92. The lowest BCUT2D eigenvalue weighted by Gasteiger charge is -2.27. The average Bonchev–Trinajstić information content (AvgIpc) is 2.46. The highest BCUT2D eigenvalue weighted by Crippen LogP contribution is 2.10. The molecule has 110 valence electrons. The Hall–Kier alpha value is -0.980. The molecule has 1 aliphatic heterocycles. The Morgan fingerprint density at radius 1 is 1.50 bits per heavy atom. The van der Waals surface area contributed by atoms with Crippen LogP contribution in [0.4, 0.5) is 0 Å². The molecular formula is C14H20BrN3O2. The van der Waals surface area contributed by atoms with Crippen LogP contribution in [0.15, 0.2) is 22.9 Å².